The predicted octanol–water partition coefficient (Wildman–Crippen LogP) is 2.02. The summed E-state index contributed by atoms with van der Waals surface area (Å²) < 4.78 is 17.8. The number of carbonyl (C=O) groups is 1. The van der Waals surface area contributed by atoms with E-state index in [1.54, 1.807) is 0 Å². The molecule has 0 heterocycles. The van der Waals surface area contributed by atoms with Crippen molar-refractivity contribution >= 4 is 5.97 Å². The van der Waals surface area contributed by atoms with Crippen LogP contribution in [0.25, 0.3) is 0 Å². The van der Waals surface area contributed by atoms with E-state index in [0.717, 1.165) is 12.8 Å². The molecule has 1 rings (SSSR count). The monoisotopic (exact) mass is 391 g/mol. The van der Waals surface area contributed by atoms with Crippen LogP contribution in [0.3, 0.4) is 0 Å². The fraction of sp³-hybridized carbons (Fsp3) is 0.938. The molecule has 1 fully saturated rings. The maximum Gasteiger partial charge on any atom is 0.203 e. The van der Waals surface area contributed by atoms with E-state index in [0.29, 0.717) is 12.8 Å². The zero-order valence-electron chi connectivity index (χ0n) is 14.6. The topological polar surface area (TPSA) is 67.8 Å². The van der Waals surface area contributed by atoms with Crippen LogP contribution in [-0.2, 0) is 45.2 Å². The predicted molar refractivity (Wildman–Crippen MR) is 77.6 cm³/mol. The quantitative estimate of drug-likeness (QED) is 0.620. The molecule has 1 atom stereocenters. The third-order valence-electron chi connectivity index (χ3n) is 3.52. The Morgan fingerprint density at radius 2 is 1.27 bits per heavy atom. The number of carboxylic acids is 1. The first-order valence-electron chi connectivity index (χ1n) is 7.90. The fourth-order valence-corrected chi connectivity index (χ4v) is 3.08. The van der Waals surface area contributed by atoms with Crippen LogP contribution in [0.15, 0.2) is 0 Å². The van der Waals surface area contributed by atoms with Crippen LogP contribution in [0.5, 0.6) is 0 Å². The molecule has 0 aromatic heterocycles. The zero-order valence-corrected chi connectivity index (χ0v) is 17.1. The van der Waals surface area contributed by atoms with Gasteiger partial charge in [0, 0.05) is 32.6 Å². The number of carboxylic acid groups (broad SMARTS) is 1. The number of aliphatic carboxylic acids is 1. The molecule has 22 heavy (non-hydrogen) atoms. The Morgan fingerprint density at radius 3 is 1.64 bits per heavy atom. The molecular weight excluding hydrogens is 363 g/mol. The Hall–Kier alpha value is 0.233. The first-order valence-corrected chi connectivity index (χ1v) is 7.90. The molecule has 1 saturated carbocycles. The summed E-state index contributed by atoms with van der Waals surface area (Å²) in [6.07, 6.45) is 1.83. The van der Waals surface area contributed by atoms with Crippen molar-refractivity contribution in [1.29, 1.82) is 0 Å². The summed E-state index contributed by atoms with van der Waals surface area (Å²) in [5.74, 6) is -2.55. The summed E-state index contributed by atoms with van der Waals surface area (Å²) >= 11 is 0. The molecule has 1 aliphatic rings. The number of carbonyl (C=O) groups excluding carboxylic acids is 1. The van der Waals surface area contributed by atoms with E-state index in [9.17, 15) is 9.90 Å². The average molecular weight is 393 g/mol. The van der Waals surface area contributed by atoms with Crippen LogP contribution in [0.2, 0.25) is 0 Å². The van der Waals surface area contributed by atoms with Crippen molar-refractivity contribution in [3.8, 4) is 0 Å². The smallest absolute Gasteiger partial charge is 0.203 e. The Morgan fingerprint density at radius 1 is 0.864 bits per heavy atom. The van der Waals surface area contributed by atoms with Gasteiger partial charge in [-0.1, -0.05) is 0 Å². The van der Waals surface area contributed by atoms with Crippen LogP contribution < -0.4 is 5.11 Å². The molecule has 0 radical (unpaired) electrons. The van der Waals surface area contributed by atoms with Gasteiger partial charge in [-0.15, -0.1) is 0 Å². The minimum Gasteiger partial charge on any atom is -0.547 e. The van der Waals surface area contributed by atoms with Gasteiger partial charge in [-0.25, -0.2) is 0 Å². The normalized spacial score (nSPS) is 24.6. The Balaban J connectivity index is 0.00000441. The van der Waals surface area contributed by atoms with Crippen molar-refractivity contribution in [2.75, 3.05) is 0 Å². The second-order valence-corrected chi connectivity index (χ2v) is 6.57. The van der Waals surface area contributed by atoms with E-state index in [-0.39, 0.29) is 44.5 Å². The van der Waals surface area contributed by atoms with E-state index in [1.807, 2.05) is 41.5 Å². The second kappa shape index (κ2) is 8.91. The third-order valence-corrected chi connectivity index (χ3v) is 3.52. The van der Waals surface area contributed by atoms with Gasteiger partial charge in [0.15, 0.2) is 5.60 Å². The molecule has 6 heteroatoms. The van der Waals surface area contributed by atoms with E-state index in [4.69, 9.17) is 14.2 Å². The van der Waals surface area contributed by atoms with Crippen molar-refractivity contribution in [1.82, 2.24) is 0 Å². The van der Waals surface area contributed by atoms with Crippen LogP contribution in [0.1, 0.15) is 67.2 Å². The van der Waals surface area contributed by atoms with Gasteiger partial charge in [-0.2, -0.15) is 0 Å². The zero-order chi connectivity index (χ0) is 16.3. The molecule has 0 spiro atoms. The van der Waals surface area contributed by atoms with Crippen LogP contribution in [0.4, 0.5) is 0 Å². The molecule has 0 aliphatic heterocycles. The molecule has 0 aromatic rings. The molecular formula is C16H29O5Zr-. The van der Waals surface area contributed by atoms with E-state index in [2.05, 4.69) is 0 Å². The number of hydrogen-bond donors (Lipinski definition) is 0. The van der Waals surface area contributed by atoms with Crippen LogP contribution >= 0.6 is 0 Å². The molecule has 0 aromatic carbocycles. The van der Waals surface area contributed by atoms with Gasteiger partial charge in [0.25, 0.3) is 0 Å². The average Bonchev–Trinajstić information content (AvgIpc) is 2.29. The molecule has 0 N–H and O–H groups in total. The SMILES string of the molecule is CC(C)OC1(OC(C)C)CCCCC1(OC(C)C)C(=O)[O-].[Zr]. The van der Waals surface area contributed by atoms with Crippen molar-refractivity contribution in [3.63, 3.8) is 0 Å². The van der Waals surface area contributed by atoms with Gasteiger partial charge in [0.1, 0.15) is 0 Å². The Labute approximate surface area is 153 Å². The number of hydrogen-bond acceptors (Lipinski definition) is 5. The van der Waals surface area contributed by atoms with Gasteiger partial charge in [0.05, 0.1) is 24.3 Å². The van der Waals surface area contributed by atoms with E-state index >= 15 is 0 Å². The van der Waals surface area contributed by atoms with Gasteiger partial charge < -0.3 is 24.1 Å². The van der Waals surface area contributed by atoms with Crippen molar-refractivity contribution in [2.24, 2.45) is 0 Å². The summed E-state index contributed by atoms with van der Waals surface area (Å²) in [7, 11) is 0. The summed E-state index contributed by atoms with van der Waals surface area (Å²) in [5.41, 5.74) is -1.56. The van der Waals surface area contributed by atoms with Crippen molar-refractivity contribution in [3.05, 3.63) is 0 Å². The van der Waals surface area contributed by atoms with E-state index in [1.165, 1.54) is 0 Å². The first kappa shape index (κ1) is 22.2. The van der Waals surface area contributed by atoms with Crippen LogP contribution in [0, 0.1) is 0 Å². The summed E-state index contributed by atoms with van der Waals surface area (Å²) in [5, 5.41) is 12.0. The molecule has 0 saturated heterocycles. The van der Waals surface area contributed by atoms with Gasteiger partial charge >= 0.3 is 0 Å². The fourth-order valence-electron chi connectivity index (χ4n) is 3.08. The minimum absolute atomic E-state index is 0. The first-order chi connectivity index (χ1) is 9.65. The van der Waals surface area contributed by atoms with Crippen LogP contribution in [-0.4, -0.2) is 35.7 Å². The summed E-state index contributed by atoms with van der Waals surface area (Å²) in [6, 6.07) is 0. The van der Waals surface area contributed by atoms with Gasteiger partial charge in [-0.3, -0.25) is 0 Å². The maximum atomic E-state index is 12.0. The summed E-state index contributed by atoms with van der Waals surface area (Å²) in [6.45, 7) is 11.1. The van der Waals surface area contributed by atoms with Crippen molar-refractivity contribution in [2.45, 2.75) is 96.9 Å². The molecule has 0 bridgehead atoms. The second-order valence-electron chi connectivity index (χ2n) is 6.57. The maximum absolute atomic E-state index is 12.0. The number of ether oxygens (including phenoxy) is 3. The standard InChI is InChI=1S/C16H30O5.Zr/c1-11(2)19-15(14(17)18)9-7-8-10-16(15,20-12(3)4)21-13(5)6;/h11-13H,7-10H2,1-6H3,(H,17,18);/p-1. The Bertz CT molecular complexity index is 346. The molecule has 0 amide bonds. The molecule has 1 unspecified atom stereocenters. The number of rotatable bonds is 7. The van der Waals surface area contributed by atoms with Crippen molar-refractivity contribution < 1.29 is 50.3 Å². The molecule has 5 nitrogen and oxygen atoms in total. The van der Waals surface area contributed by atoms with E-state index < -0.39 is 17.4 Å². The minimum atomic E-state index is -1.56. The summed E-state index contributed by atoms with van der Waals surface area (Å²) in [4.78, 5) is 12.0. The van der Waals surface area contributed by atoms with Gasteiger partial charge in [-0.05, 0) is 60.8 Å². The van der Waals surface area contributed by atoms with Gasteiger partial charge in [0.2, 0.25) is 5.79 Å². The Kier molecular flexibility index (Phi) is 9.01. The molecule has 128 valence electrons. The molecule has 1 aliphatic carbocycles. The largest absolute Gasteiger partial charge is 0.547 e. The third kappa shape index (κ3) is 4.86.